The quantitative estimate of drug-likeness (QED) is 0.148. The third kappa shape index (κ3) is 7.72. The van der Waals surface area contributed by atoms with E-state index >= 15 is 0 Å². The number of nitrogens with zero attached hydrogens (tertiary/aromatic N) is 4. The van der Waals surface area contributed by atoms with Gasteiger partial charge in [-0.15, -0.1) is 22.7 Å². The second-order valence-corrected chi connectivity index (χ2v) is 25.6. The second-order valence-electron chi connectivity index (χ2n) is 23.5. The summed E-state index contributed by atoms with van der Waals surface area (Å²) >= 11 is 3.77. The molecule has 0 N–H and O–H groups in total. The van der Waals surface area contributed by atoms with Crippen LogP contribution in [0, 0.1) is 0 Å². The summed E-state index contributed by atoms with van der Waals surface area (Å²) in [4.78, 5) is 0. The minimum absolute atomic E-state index is 1.09. The predicted molar refractivity (Wildman–Crippen MR) is 387 cm³/mol. The van der Waals surface area contributed by atoms with Gasteiger partial charge in [0.1, 0.15) is 0 Å². The van der Waals surface area contributed by atoms with E-state index in [4.69, 9.17) is 0 Å². The van der Waals surface area contributed by atoms with Gasteiger partial charge in [0.15, 0.2) is 0 Å². The summed E-state index contributed by atoms with van der Waals surface area (Å²) in [7, 11) is 0. The van der Waals surface area contributed by atoms with Crippen molar-refractivity contribution >= 4 is 150 Å². The van der Waals surface area contributed by atoms with E-state index in [1.54, 1.807) is 0 Å². The number of para-hydroxylation sites is 8. The van der Waals surface area contributed by atoms with Gasteiger partial charge < -0.3 is 18.3 Å². The average molecular weight is 1180 g/mol. The van der Waals surface area contributed by atoms with Crippen molar-refractivity contribution in [1.82, 2.24) is 18.3 Å². The molecule has 0 radical (unpaired) electrons. The molecule has 0 aliphatic heterocycles. The van der Waals surface area contributed by atoms with E-state index in [9.17, 15) is 0 Å². The molecule has 90 heavy (non-hydrogen) atoms. The Morgan fingerprint density at radius 2 is 0.456 bits per heavy atom. The predicted octanol–water partition coefficient (Wildman–Crippen LogP) is 23.8. The molecule has 0 bridgehead atoms. The molecule has 0 saturated heterocycles. The molecule has 0 spiro atoms. The third-order valence-corrected chi connectivity index (χ3v) is 21.0. The molecule has 0 saturated carbocycles. The van der Waals surface area contributed by atoms with Gasteiger partial charge in [-0.1, -0.05) is 194 Å². The van der Waals surface area contributed by atoms with Crippen LogP contribution in [-0.4, -0.2) is 18.3 Å². The molecule has 0 aliphatic carbocycles. The van der Waals surface area contributed by atoms with Crippen molar-refractivity contribution in [3.8, 4) is 45.0 Å². The lowest BCUT2D eigenvalue weighted by molar-refractivity contribution is 1.09. The van der Waals surface area contributed by atoms with Crippen LogP contribution in [0.4, 0.5) is 0 Å². The van der Waals surface area contributed by atoms with E-state index in [0.29, 0.717) is 0 Å². The molecule has 0 atom stereocenters. The SMILES string of the molecule is c1ccc(-n2c3ccccc3n(-c3ccccc3)c3cc4c5cc(-c6cccc7c6sc6ccccc67)ccc5c5cc6c(cc5c5cc(-c7cccc8c7sc7ccccc78)ccc5c4cc32)n(-c2ccccc2)c2ccccc2n6-c2ccccc2)cc1. The van der Waals surface area contributed by atoms with Crippen molar-refractivity contribution in [2.45, 2.75) is 0 Å². The zero-order valence-electron chi connectivity index (χ0n) is 48.6. The number of rotatable bonds is 6. The number of thiophene rings is 2. The first-order chi connectivity index (χ1) is 44.7. The fraction of sp³-hybridized carbons (Fsp3) is 0. The fourth-order valence-corrected chi connectivity index (χ4v) is 17.2. The van der Waals surface area contributed by atoms with Crippen LogP contribution in [0.3, 0.4) is 0 Å². The highest BCUT2D eigenvalue weighted by Gasteiger charge is 2.23. The van der Waals surface area contributed by atoms with Gasteiger partial charge in [0, 0.05) is 63.1 Å². The molecule has 4 nitrogen and oxygen atoms in total. The van der Waals surface area contributed by atoms with E-state index in [-0.39, 0.29) is 0 Å². The molecule has 420 valence electrons. The van der Waals surface area contributed by atoms with Crippen LogP contribution in [0.25, 0.3) is 173 Å². The summed E-state index contributed by atoms with van der Waals surface area (Å²) in [5.74, 6) is 0. The Bertz CT molecular complexity index is 5870. The first-order valence-corrected chi connectivity index (χ1v) is 32.4. The first kappa shape index (κ1) is 50.8. The van der Waals surface area contributed by atoms with Gasteiger partial charge in [0.25, 0.3) is 0 Å². The van der Waals surface area contributed by atoms with Crippen molar-refractivity contribution in [3.05, 3.63) is 315 Å². The Morgan fingerprint density at radius 3 is 0.800 bits per heavy atom. The monoisotopic (exact) mass is 1180 g/mol. The minimum atomic E-state index is 1.09. The topological polar surface area (TPSA) is 19.7 Å². The van der Waals surface area contributed by atoms with Crippen molar-refractivity contribution in [3.63, 3.8) is 0 Å². The molecule has 0 fully saturated rings. The maximum atomic E-state index is 2.52. The van der Waals surface area contributed by atoms with Gasteiger partial charge in [0.05, 0.1) is 44.1 Å². The van der Waals surface area contributed by atoms with Crippen LogP contribution in [0.2, 0.25) is 0 Å². The van der Waals surface area contributed by atoms with Crippen LogP contribution in [0.1, 0.15) is 0 Å². The number of hydrogen-bond acceptors (Lipinski definition) is 2. The highest BCUT2D eigenvalue weighted by Crippen LogP contribution is 2.47. The zero-order valence-corrected chi connectivity index (χ0v) is 50.3. The van der Waals surface area contributed by atoms with Gasteiger partial charge in [-0.25, -0.2) is 0 Å². The maximum Gasteiger partial charge on any atom is 0.0709 e. The number of benzene rings is 14. The van der Waals surface area contributed by atoms with Gasteiger partial charge >= 0.3 is 0 Å². The Morgan fingerprint density at radius 1 is 0.178 bits per heavy atom. The van der Waals surface area contributed by atoms with Crippen molar-refractivity contribution in [2.75, 3.05) is 0 Å². The normalized spacial score (nSPS) is 12.0. The summed E-state index contributed by atoms with van der Waals surface area (Å²) in [6.45, 7) is 0. The fourth-order valence-electron chi connectivity index (χ4n) is 14.7. The lowest BCUT2D eigenvalue weighted by Gasteiger charge is -2.24. The van der Waals surface area contributed by atoms with Gasteiger partial charge in [-0.2, -0.15) is 0 Å². The van der Waals surface area contributed by atoms with Gasteiger partial charge in [-0.05, 0) is 187 Å². The molecule has 0 aliphatic rings. The third-order valence-electron chi connectivity index (χ3n) is 18.6. The highest BCUT2D eigenvalue weighted by atomic mass is 32.1. The Labute approximate surface area is 525 Å². The molecule has 6 heteroatoms. The smallest absolute Gasteiger partial charge is 0.0709 e. The van der Waals surface area contributed by atoms with E-state index in [1.807, 2.05) is 22.7 Å². The summed E-state index contributed by atoms with van der Waals surface area (Å²) in [6, 6.07) is 118. The van der Waals surface area contributed by atoms with Crippen molar-refractivity contribution in [1.29, 1.82) is 0 Å². The van der Waals surface area contributed by atoms with Crippen LogP contribution < -0.4 is 0 Å². The minimum Gasteiger partial charge on any atom is -0.306 e. The van der Waals surface area contributed by atoms with Crippen molar-refractivity contribution < 1.29 is 0 Å². The lowest BCUT2D eigenvalue weighted by atomic mass is 9.90. The Kier molecular flexibility index (Phi) is 11.4. The zero-order chi connectivity index (χ0) is 59.0. The van der Waals surface area contributed by atoms with Crippen LogP contribution in [-0.2, 0) is 0 Å². The molecule has 0 unspecified atom stereocenters. The molecular formula is C84H52N4S2. The van der Waals surface area contributed by atoms with E-state index in [1.165, 1.54) is 62.6 Å². The van der Waals surface area contributed by atoms with Gasteiger partial charge in [-0.3, -0.25) is 0 Å². The summed E-state index contributed by atoms with van der Waals surface area (Å²) in [5.41, 5.74) is 18.0. The first-order valence-electron chi connectivity index (χ1n) is 30.7. The molecule has 19 rings (SSSR count). The molecule has 15 aromatic carbocycles. The second kappa shape index (κ2) is 20.1. The van der Waals surface area contributed by atoms with Crippen molar-refractivity contribution in [2.24, 2.45) is 0 Å². The average Bonchev–Trinajstić information content (AvgIpc) is 0.930. The molecule has 0 amide bonds. The Hall–Kier alpha value is -11.3. The molecule has 4 aromatic heterocycles. The van der Waals surface area contributed by atoms with Gasteiger partial charge in [0.2, 0.25) is 0 Å². The largest absolute Gasteiger partial charge is 0.306 e. The van der Waals surface area contributed by atoms with Crippen LogP contribution >= 0.6 is 22.7 Å². The van der Waals surface area contributed by atoms with Crippen LogP contribution in [0.15, 0.2) is 315 Å². The van der Waals surface area contributed by atoms with E-state index < -0.39 is 0 Å². The van der Waals surface area contributed by atoms with E-state index in [2.05, 4.69) is 334 Å². The lowest BCUT2D eigenvalue weighted by Crippen LogP contribution is -2.08. The summed E-state index contributed by atoms with van der Waals surface area (Å²) < 4.78 is 15.1. The number of aromatic nitrogens is 4. The summed E-state index contributed by atoms with van der Waals surface area (Å²) in [6.07, 6.45) is 0. The van der Waals surface area contributed by atoms with E-state index in [0.717, 1.165) is 110 Å². The maximum absolute atomic E-state index is 2.52. The molecular weight excluding hydrogens is 1130 g/mol. The summed E-state index contributed by atoms with van der Waals surface area (Å²) in [5, 5.41) is 14.4. The van der Waals surface area contributed by atoms with Crippen LogP contribution in [0.5, 0.6) is 0 Å². The Balaban J connectivity index is 1.07. The molecule has 4 heterocycles. The number of fused-ring (bicyclic) bond motifs is 18. The standard InChI is InChI=1S/C84H52N4S2/c1-5-23-55(24-6-1)85-73-37-15-17-39-75(73)87(57-27-9-3-10-28-57)79-51-71-68-48-54(60-34-22-36-66-64-32-14-20-42-82(64)90-84(60)66)44-46-62(68)70-50-78-80(88(58-29-11-4-12-30-58)76-40-18-16-38-74(76)86(78)56-25-7-2-8-26-56)52-72(70)67-47-53(43-45-61(67)69(71)49-77(79)85)59-33-21-35-65-63-31-13-19-41-81(63)89-83(59)65/h1-52H. The highest BCUT2D eigenvalue weighted by molar-refractivity contribution is 7.26. The molecule has 19 aromatic rings. The number of hydrogen-bond donors (Lipinski definition) is 0.